The predicted molar refractivity (Wildman–Crippen MR) is 84.3 cm³/mol. The Morgan fingerprint density at radius 2 is 2.25 bits per heavy atom. The van der Waals surface area contributed by atoms with E-state index in [0.29, 0.717) is 17.5 Å². The molecule has 0 unspecified atom stereocenters. The maximum atomic E-state index is 11.8. The van der Waals surface area contributed by atoms with E-state index in [-0.39, 0.29) is 5.91 Å². The summed E-state index contributed by atoms with van der Waals surface area (Å²) in [7, 11) is 0. The van der Waals surface area contributed by atoms with E-state index < -0.39 is 0 Å². The molecule has 4 nitrogen and oxygen atoms in total. The Kier molecular flexibility index (Phi) is 5.67. The fraction of sp³-hybridized carbons (Fsp3) is 0.500. The van der Waals surface area contributed by atoms with Crippen LogP contribution in [0.25, 0.3) is 0 Å². The quantitative estimate of drug-likeness (QED) is 0.847. The summed E-state index contributed by atoms with van der Waals surface area (Å²) in [6.07, 6.45) is 3.26. The molecule has 2 aromatic rings. The van der Waals surface area contributed by atoms with Crippen molar-refractivity contribution in [2.45, 2.75) is 39.5 Å². The zero-order valence-corrected chi connectivity index (χ0v) is 13.4. The van der Waals surface area contributed by atoms with E-state index >= 15 is 0 Å². The van der Waals surface area contributed by atoms with Gasteiger partial charge in [0.2, 0.25) is 11.0 Å². The molecule has 20 heavy (non-hydrogen) atoms. The molecule has 0 aliphatic carbocycles. The minimum absolute atomic E-state index is 0.0220. The molecule has 1 amide bonds. The molecule has 2 aromatic heterocycles. The topological polar surface area (TPSA) is 54.9 Å². The van der Waals surface area contributed by atoms with Gasteiger partial charge in [-0.1, -0.05) is 31.3 Å². The third-order valence-electron chi connectivity index (χ3n) is 2.70. The Bertz CT molecular complexity index is 534. The van der Waals surface area contributed by atoms with Crippen molar-refractivity contribution in [2.75, 3.05) is 5.32 Å². The van der Waals surface area contributed by atoms with Gasteiger partial charge in [-0.3, -0.25) is 4.79 Å². The smallest absolute Gasteiger partial charge is 0.226 e. The number of hydrogen-bond acceptors (Lipinski definition) is 5. The van der Waals surface area contributed by atoms with Gasteiger partial charge in [-0.25, -0.2) is 0 Å². The molecule has 2 heterocycles. The first kappa shape index (κ1) is 15.1. The third kappa shape index (κ3) is 5.02. The minimum atomic E-state index is 0.0220. The minimum Gasteiger partial charge on any atom is -0.301 e. The maximum absolute atomic E-state index is 11.8. The van der Waals surface area contributed by atoms with Gasteiger partial charge in [0, 0.05) is 17.7 Å². The predicted octanol–water partition coefficient (Wildman–Crippen LogP) is 3.76. The molecule has 0 aliphatic heterocycles. The van der Waals surface area contributed by atoms with Crippen LogP contribution in [0.15, 0.2) is 17.5 Å². The molecule has 0 aromatic carbocycles. The second-order valence-electron chi connectivity index (χ2n) is 5.08. The number of carbonyl (C=O) groups is 1. The van der Waals surface area contributed by atoms with E-state index in [1.807, 2.05) is 6.07 Å². The lowest BCUT2D eigenvalue weighted by Gasteiger charge is -2.00. The monoisotopic (exact) mass is 309 g/mol. The molecule has 0 radical (unpaired) electrons. The zero-order chi connectivity index (χ0) is 14.4. The molecular formula is C14H19N3OS2. The van der Waals surface area contributed by atoms with Crippen LogP contribution < -0.4 is 5.32 Å². The van der Waals surface area contributed by atoms with Crippen LogP contribution in [0.2, 0.25) is 0 Å². The van der Waals surface area contributed by atoms with Gasteiger partial charge in [-0.2, -0.15) is 0 Å². The van der Waals surface area contributed by atoms with Gasteiger partial charge in [0.05, 0.1) is 0 Å². The summed E-state index contributed by atoms with van der Waals surface area (Å²) in [6, 6.07) is 4.14. The highest BCUT2D eigenvalue weighted by Crippen LogP contribution is 2.19. The van der Waals surface area contributed by atoms with Crippen LogP contribution in [0.5, 0.6) is 0 Å². The molecule has 108 valence electrons. The van der Waals surface area contributed by atoms with E-state index in [1.165, 1.54) is 16.2 Å². The summed E-state index contributed by atoms with van der Waals surface area (Å²) >= 11 is 3.20. The van der Waals surface area contributed by atoms with E-state index in [2.05, 4.69) is 40.8 Å². The van der Waals surface area contributed by atoms with Crippen LogP contribution in [0, 0.1) is 5.92 Å². The summed E-state index contributed by atoms with van der Waals surface area (Å²) in [6.45, 7) is 4.29. The van der Waals surface area contributed by atoms with Crippen molar-refractivity contribution in [3.63, 3.8) is 0 Å². The number of aromatic nitrogens is 2. The summed E-state index contributed by atoms with van der Waals surface area (Å²) < 4.78 is 0. The second kappa shape index (κ2) is 7.50. The highest BCUT2D eigenvalue weighted by atomic mass is 32.1. The molecule has 0 saturated heterocycles. The first-order chi connectivity index (χ1) is 9.63. The molecular weight excluding hydrogens is 290 g/mol. The maximum Gasteiger partial charge on any atom is 0.226 e. The third-order valence-corrected chi connectivity index (χ3v) is 4.50. The summed E-state index contributed by atoms with van der Waals surface area (Å²) in [5.74, 6) is 0.575. The van der Waals surface area contributed by atoms with Crippen molar-refractivity contribution >= 4 is 33.7 Å². The van der Waals surface area contributed by atoms with Gasteiger partial charge >= 0.3 is 0 Å². The van der Waals surface area contributed by atoms with Crippen molar-refractivity contribution in [2.24, 2.45) is 5.92 Å². The highest BCUT2D eigenvalue weighted by Gasteiger charge is 2.09. The Morgan fingerprint density at radius 3 is 2.95 bits per heavy atom. The Labute approximate surface area is 127 Å². The number of amides is 1. The molecule has 1 N–H and O–H groups in total. The van der Waals surface area contributed by atoms with Crippen LogP contribution >= 0.6 is 22.7 Å². The lowest BCUT2D eigenvalue weighted by molar-refractivity contribution is -0.116. The van der Waals surface area contributed by atoms with Crippen LogP contribution in [-0.4, -0.2) is 16.1 Å². The van der Waals surface area contributed by atoms with E-state index in [4.69, 9.17) is 0 Å². The standard InChI is InChI=1S/C14H19N3OS2/c1-10(2)9-13-16-17-14(20-13)15-12(18)7-3-5-11-6-4-8-19-11/h4,6,8,10H,3,5,7,9H2,1-2H3,(H,15,17,18). The van der Waals surface area contributed by atoms with E-state index in [0.717, 1.165) is 24.3 Å². The molecule has 0 fully saturated rings. The number of anilines is 1. The Hall–Kier alpha value is -1.27. The fourth-order valence-electron chi connectivity index (χ4n) is 1.80. The number of nitrogens with zero attached hydrogens (tertiary/aromatic N) is 2. The molecule has 0 spiro atoms. The molecule has 2 rings (SSSR count). The zero-order valence-electron chi connectivity index (χ0n) is 11.8. The van der Waals surface area contributed by atoms with Gasteiger partial charge < -0.3 is 5.32 Å². The van der Waals surface area contributed by atoms with Crippen molar-refractivity contribution < 1.29 is 4.79 Å². The largest absolute Gasteiger partial charge is 0.301 e. The Morgan fingerprint density at radius 1 is 1.40 bits per heavy atom. The van der Waals surface area contributed by atoms with E-state index in [1.54, 1.807) is 11.3 Å². The van der Waals surface area contributed by atoms with Gasteiger partial charge in [0.15, 0.2) is 0 Å². The normalized spacial score (nSPS) is 10.9. The van der Waals surface area contributed by atoms with Crippen molar-refractivity contribution in [1.82, 2.24) is 10.2 Å². The lowest BCUT2D eigenvalue weighted by atomic mass is 10.1. The lowest BCUT2D eigenvalue weighted by Crippen LogP contribution is -2.11. The van der Waals surface area contributed by atoms with E-state index in [9.17, 15) is 4.79 Å². The number of carbonyl (C=O) groups excluding carboxylic acids is 1. The van der Waals surface area contributed by atoms with Crippen molar-refractivity contribution in [3.05, 3.63) is 27.4 Å². The number of aryl methyl sites for hydroxylation is 1. The van der Waals surface area contributed by atoms with Gasteiger partial charge in [0.25, 0.3) is 0 Å². The fourth-order valence-corrected chi connectivity index (χ4v) is 3.51. The first-order valence-corrected chi connectivity index (χ1v) is 8.47. The van der Waals surface area contributed by atoms with Gasteiger partial charge in [-0.15, -0.1) is 21.5 Å². The second-order valence-corrected chi connectivity index (χ2v) is 7.17. The molecule has 6 heteroatoms. The number of nitrogens with one attached hydrogen (secondary N) is 1. The van der Waals surface area contributed by atoms with Crippen molar-refractivity contribution in [1.29, 1.82) is 0 Å². The van der Waals surface area contributed by atoms with Crippen LogP contribution in [0.1, 0.15) is 36.6 Å². The van der Waals surface area contributed by atoms with Crippen LogP contribution in [0.3, 0.4) is 0 Å². The first-order valence-electron chi connectivity index (χ1n) is 6.78. The molecule has 0 bridgehead atoms. The van der Waals surface area contributed by atoms with Gasteiger partial charge in [-0.05, 0) is 30.2 Å². The average molecular weight is 309 g/mol. The number of thiophene rings is 1. The number of hydrogen-bond donors (Lipinski definition) is 1. The molecule has 0 saturated carbocycles. The molecule has 0 aliphatic rings. The summed E-state index contributed by atoms with van der Waals surface area (Å²) in [4.78, 5) is 13.1. The Balaban J connectivity index is 1.72. The highest BCUT2D eigenvalue weighted by molar-refractivity contribution is 7.15. The summed E-state index contributed by atoms with van der Waals surface area (Å²) in [5.41, 5.74) is 0. The SMILES string of the molecule is CC(C)Cc1nnc(NC(=O)CCCc2cccs2)s1. The average Bonchev–Trinajstić information content (AvgIpc) is 3.00. The van der Waals surface area contributed by atoms with Crippen LogP contribution in [0.4, 0.5) is 5.13 Å². The summed E-state index contributed by atoms with van der Waals surface area (Å²) in [5, 5.41) is 14.6. The van der Waals surface area contributed by atoms with Crippen molar-refractivity contribution in [3.8, 4) is 0 Å². The van der Waals surface area contributed by atoms with Crippen LogP contribution in [-0.2, 0) is 17.6 Å². The van der Waals surface area contributed by atoms with Gasteiger partial charge in [0.1, 0.15) is 5.01 Å². The number of rotatable bonds is 7. The molecule has 0 atom stereocenters.